The Hall–Kier alpha value is -1.64. The highest BCUT2D eigenvalue weighted by atomic mass is 16.4. The number of Topliss-reactive ketones (excluding diaryl/α,β-unsaturated/α-hetero) is 1. The van der Waals surface area contributed by atoms with Gasteiger partial charge in [-0.25, -0.2) is 0 Å². The first-order valence-electron chi connectivity index (χ1n) is 6.39. The summed E-state index contributed by atoms with van der Waals surface area (Å²) in [6.45, 7) is 1.99. The van der Waals surface area contributed by atoms with Crippen molar-refractivity contribution in [3.05, 3.63) is 35.4 Å². The molecular formula is C15H19O3-. The summed E-state index contributed by atoms with van der Waals surface area (Å²) < 4.78 is 0. The Balaban J connectivity index is 2.17. The van der Waals surface area contributed by atoms with Gasteiger partial charge < -0.3 is 9.90 Å². The highest BCUT2D eigenvalue weighted by Crippen LogP contribution is 2.11. The predicted molar refractivity (Wildman–Crippen MR) is 68.2 cm³/mol. The maximum absolute atomic E-state index is 11.8. The van der Waals surface area contributed by atoms with Gasteiger partial charge in [-0.15, -0.1) is 0 Å². The van der Waals surface area contributed by atoms with Gasteiger partial charge in [0.15, 0.2) is 5.78 Å². The molecule has 0 aliphatic heterocycles. The summed E-state index contributed by atoms with van der Waals surface area (Å²) in [5.41, 5.74) is 1.91. The summed E-state index contributed by atoms with van der Waals surface area (Å²) in [5, 5.41) is 10.2. The zero-order chi connectivity index (χ0) is 13.4. The van der Waals surface area contributed by atoms with Gasteiger partial charge in [-0.3, -0.25) is 4.79 Å². The Morgan fingerprint density at radius 3 is 2.06 bits per heavy atom. The lowest BCUT2D eigenvalue weighted by atomic mass is 10.0. The molecule has 0 aliphatic carbocycles. The molecule has 98 valence electrons. The second-order valence-corrected chi connectivity index (χ2v) is 4.58. The first kappa shape index (κ1) is 14.4. The molecule has 0 N–H and O–H groups in total. The molecule has 0 amide bonds. The Kier molecular flexibility index (Phi) is 6.12. The maximum atomic E-state index is 11.8. The molecule has 3 nitrogen and oxygen atoms in total. The summed E-state index contributed by atoms with van der Waals surface area (Å²) in [6.07, 6.45) is 3.85. The van der Waals surface area contributed by atoms with Crippen LogP contribution in [0.2, 0.25) is 0 Å². The first-order valence-corrected chi connectivity index (χ1v) is 6.39. The number of benzene rings is 1. The Morgan fingerprint density at radius 1 is 0.944 bits per heavy atom. The van der Waals surface area contributed by atoms with Crippen LogP contribution in [-0.4, -0.2) is 11.8 Å². The molecule has 1 aromatic rings. The minimum atomic E-state index is -0.995. The van der Waals surface area contributed by atoms with Crippen molar-refractivity contribution >= 4 is 11.8 Å². The van der Waals surface area contributed by atoms with Crippen LogP contribution in [0.1, 0.15) is 54.4 Å². The van der Waals surface area contributed by atoms with Crippen molar-refractivity contribution in [1.29, 1.82) is 0 Å². The van der Waals surface area contributed by atoms with E-state index in [1.807, 2.05) is 31.2 Å². The third kappa shape index (κ3) is 5.62. The normalized spacial score (nSPS) is 10.3. The molecule has 0 fully saturated rings. The molecule has 18 heavy (non-hydrogen) atoms. The van der Waals surface area contributed by atoms with Crippen molar-refractivity contribution in [2.24, 2.45) is 0 Å². The van der Waals surface area contributed by atoms with Gasteiger partial charge in [0.2, 0.25) is 0 Å². The molecular weight excluding hydrogens is 228 g/mol. The number of carbonyl (C=O) groups excluding carboxylic acids is 2. The minimum absolute atomic E-state index is 0.117. The van der Waals surface area contributed by atoms with E-state index >= 15 is 0 Å². The van der Waals surface area contributed by atoms with Gasteiger partial charge in [0, 0.05) is 18.0 Å². The van der Waals surface area contributed by atoms with E-state index in [-0.39, 0.29) is 12.2 Å². The third-order valence-electron chi connectivity index (χ3n) is 2.91. The molecule has 0 spiro atoms. The number of hydrogen-bond donors (Lipinski definition) is 0. The van der Waals surface area contributed by atoms with Crippen molar-refractivity contribution < 1.29 is 14.7 Å². The van der Waals surface area contributed by atoms with Gasteiger partial charge in [0.25, 0.3) is 0 Å². The fourth-order valence-corrected chi connectivity index (χ4v) is 1.79. The summed E-state index contributed by atoms with van der Waals surface area (Å²) in [6, 6.07) is 7.59. The van der Waals surface area contributed by atoms with Gasteiger partial charge in [-0.05, 0) is 26.2 Å². The smallest absolute Gasteiger partial charge is 0.162 e. The van der Waals surface area contributed by atoms with Crippen molar-refractivity contribution in [3.63, 3.8) is 0 Å². The molecule has 0 saturated carbocycles. The highest BCUT2D eigenvalue weighted by molar-refractivity contribution is 5.96. The van der Waals surface area contributed by atoms with E-state index < -0.39 is 5.97 Å². The average Bonchev–Trinajstić information content (AvgIpc) is 2.34. The van der Waals surface area contributed by atoms with Crippen LogP contribution in [0.3, 0.4) is 0 Å². The molecule has 1 aromatic carbocycles. The molecule has 0 atom stereocenters. The second-order valence-electron chi connectivity index (χ2n) is 4.58. The van der Waals surface area contributed by atoms with Gasteiger partial charge in [0.1, 0.15) is 0 Å². The fourth-order valence-electron chi connectivity index (χ4n) is 1.79. The first-order chi connectivity index (χ1) is 8.59. The number of unbranched alkanes of at least 4 members (excludes halogenated alkanes) is 3. The molecule has 0 radical (unpaired) electrons. The van der Waals surface area contributed by atoms with Crippen LogP contribution in [0.4, 0.5) is 0 Å². The molecule has 0 aromatic heterocycles. The van der Waals surface area contributed by atoms with Crippen LogP contribution >= 0.6 is 0 Å². The van der Waals surface area contributed by atoms with Crippen molar-refractivity contribution in [2.75, 3.05) is 0 Å². The molecule has 3 heteroatoms. The number of carboxylic acids is 1. The topological polar surface area (TPSA) is 57.2 Å². The van der Waals surface area contributed by atoms with Crippen LogP contribution in [0, 0.1) is 6.92 Å². The Labute approximate surface area is 108 Å². The number of hydrogen-bond acceptors (Lipinski definition) is 3. The van der Waals surface area contributed by atoms with E-state index in [0.29, 0.717) is 12.8 Å². The lowest BCUT2D eigenvalue weighted by Gasteiger charge is -2.03. The Bertz CT molecular complexity index is 393. The number of aliphatic carboxylic acids is 1. The number of ketones is 1. The second kappa shape index (κ2) is 7.64. The number of carboxylic acid groups (broad SMARTS) is 1. The van der Waals surface area contributed by atoms with E-state index in [1.165, 1.54) is 0 Å². The molecule has 0 bridgehead atoms. The van der Waals surface area contributed by atoms with Crippen LogP contribution in [0.15, 0.2) is 24.3 Å². The summed E-state index contributed by atoms with van der Waals surface area (Å²) >= 11 is 0. The highest BCUT2D eigenvalue weighted by Gasteiger charge is 2.04. The van der Waals surface area contributed by atoms with Crippen molar-refractivity contribution in [2.45, 2.75) is 45.4 Å². The monoisotopic (exact) mass is 247 g/mol. The molecule has 0 saturated heterocycles. The standard InChI is InChI=1S/C15H20O3/c1-12-8-10-13(11-9-12)14(16)6-4-2-3-5-7-15(17)18/h8-11H,2-7H2,1H3,(H,17,18)/p-1. The van der Waals surface area contributed by atoms with Gasteiger partial charge in [0.05, 0.1) is 0 Å². The Morgan fingerprint density at radius 2 is 1.50 bits per heavy atom. The lowest BCUT2D eigenvalue weighted by Crippen LogP contribution is -2.21. The van der Waals surface area contributed by atoms with Crippen molar-refractivity contribution in [1.82, 2.24) is 0 Å². The van der Waals surface area contributed by atoms with Gasteiger partial charge >= 0.3 is 0 Å². The third-order valence-corrected chi connectivity index (χ3v) is 2.91. The van der Waals surface area contributed by atoms with E-state index in [0.717, 1.165) is 30.4 Å². The summed E-state index contributed by atoms with van der Waals surface area (Å²) in [5.74, 6) is -0.833. The van der Waals surface area contributed by atoms with Crippen molar-refractivity contribution in [3.8, 4) is 0 Å². The predicted octanol–water partition coefficient (Wildman–Crippen LogP) is 2.27. The van der Waals surface area contributed by atoms with Crippen LogP contribution < -0.4 is 5.11 Å². The maximum Gasteiger partial charge on any atom is 0.162 e. The largest absolute Gasteiger partial charge is 0.550 e. The summed E-state index contributed by atoms with van der Waals surface area (Å²) in [4.78, 5) is 22.0. The molecule has 0 unspecified atom stereocenters. The molecule has 0 aliphatic rings. The number of rotatable bonds is 8. The SMILES string of the molecule is Cc1ccc(C(=O)CCCCCCC(=O)[O-])cc1. The molecule has 0 heterocycles. The average molecular weight is 247 g/mol. The van der Waals surface area contributed by atoms with E-state index in [2.05, 4.69) is 0 Å². The summed E-state index contributed by atoms with van der Waals surface area (Å²) in [7, 11) is 0. The van der Waals surface area contributed by atoms with Crippen LogP contribution in [0.5, 0.6) is 0 Å². The lowest BCUT2D eigenvalue weighted by molar-refractivity contribution is -0.305. The van der Waals surface area contributed by atoms with Crippen LogP contribution in [0.25, 0.3) is 0 Å². The van der Waals surface area contributed by atoms with Gasteiger partial charge in [-0.2, -0.15) is 0 Å². The van der Waals surface area contributed by atoms with E-state index in [4.69, 9.17) is 0 Å². The number of aryl methyl sites for hydroxylation is 1. The van der Waals surface area contributed by atoms with E-state index in [1.54, 1.807) is 0 Å². The zero-order valence-electron chi connectivity index (χ0n) is 10.8. The number of carbonyl (C=O) groups is 2. The van der Waals surface area contributed by atoms with E-state index in [9.17, 15) is 14.7 Å². The fraction of sp³-hybridized carbons (Fsp3) is 0.467. The molecule has 1 rings (SSSR count). The van der Waals surface area contributed by atoms with Gasteiger partial charge in [-0.1, -0.05) is 42.7 Å². The zero-order valence-corrected chi connectivity index (χ0v) is 10.8. The quantitative estimate of drug-likeness (QED) is 0.523. The van der Waals surface area contributed by atoms with Crippen LogP contribution in [-0.2, 0) is 4.79 Å². The minimum Gasteiger partial charge on any atom is -0.550 e.